The fraction of sp³-hybridized carbons (Fsp3) is 0.545. The van der Waals surface area contributed by atoms with Gasteiger partial charge in [-0.2, -0.15) is 0 Å². The smallest absolute Gasteiger partial charge is 0.247 e. The summed E-state index contributed by atoms with van der Waals surface area (Å²) in [5.74, 6) is 0.0723. The van der Waals surface area contributed by atoms with Gasteiger partial charge in [-0.25, -0.2) is 0 Å². The maximum atomic E-state index is 13.3. The van der Waals surface area contributed by atoms with Gasteiger partial charge in [0, 0.05) is 35.9 Å². The van der Waals surface area contributed by atoms with Gasteiger partial charge in [0.1, 0.15) is 6.04 Å². The number of carbonyl (C=O) groups excluding carboxylic acids is 1. The standard InChI is InChI=1S/C22H31N3OS/c1-22(2,3)18-12-13-19(27-18)25(4)20(16-9-8-14-23-15-16)21(26)24-17-10-6-5-7-11-17/h8-9,12-15,17,20H,5-7,10-11H2,1-4H3,(H,24,26). The van der Waals surface area contributed by atoms with Crippen molar-refractivity contribution in [3.8, 4) is 0 Å². The molecule has 2 aromatic rings. The lowest BCUT2D eigenvalue weighted by Gasteiger charge is -2.31. The van der Waals surface area contributed by atoms with Crippen molar-refractivity contribution in [3.63, 3.8) is 0 Å². The second-order valence-electron chi connectivity index (χ2n) is 8.53. The van der Waals surface area contributed by atoms with Crippen molar-refractivity contribution in [1.29, 1.82) is 0 Å². The fourth-order valence-electron chi connectivity index (χ4n) is 3.66. The number of anilines is 1. The molecule has 1 amide bonds. The molecule has 0 saturated heterocycles. The molecule has 1 unspecified atom stereocenters. The van der Waals surface area contributed by atoms with Crippen molar-refractivity contribution < 1.29 is 4.79 Å². The first-order chi connectivity index (χ1) is 12.9. The Hall–Kier alpha value is -1.88. The Balaban J connectivity index is 1.85. The van der Waals surface area contributed by atoms with E-state index < -0.39 is 0 Å². The summed E-state index contributed by atoms with van der Waals surface area (Å²) in [6.45, 7) is 6.66. The zero-order valence-electron chi connectivity index (χ0n) is 16.9. The highest BCUT2D eigenvalue weighted by atomic mass is 32.1. The molecule has 146 valence electrons. The van der Waals surface area contributed by atoms with Crippen LogP contribution in [0.4, 0.5) is 5.00 Å². The first-order valence-corrected chi connectivity index (χ1v) is 10.7. The van der Waals surface area contributed by atoms with E-state index in [4.69, 9.17) is 0 Å². The number of carbonyl (C=O) groups is 1. The molecule has 4 nitrogen and oxygen atoms in total. The molecule has 1 N–H and O–H groups in total. The Morgan fingerprint density at radius 1 is 1.22 bits per heavy atom. The molecule has 2 aromatic heterocycles. The molecule has 0 radical (unpaired) electrons. The minimum atomic E-state index is -0.368. The van der Waals surface area contributed by atoms with E-state index in [1.165, 1.54) is 24.1 Å². The summed E-state index contributed by atoms with van der Waals surface area (Å²) in [5, 5.41) is 4.41. The maximum Gasteiger partial charge on any atom is 0.247 e. The summed E-state index contributed by atoms with van der Waals surface area (Å²) < 4.78 is 0. The number of rotatable bonds is 5. The quantitative estimate of drug-likeness (QED) is 0.782. The molecule has 0 aromatic carbocycles. The second kappa shape index (κ2) is 8.42. The van der Waals surface area contributed by atoms with Gasteiger partial charge in [-0.15, -0.1) is 11.3 Å². The van der Waals surface area contributed by atoms with Crippen molar-refractivity contribution in [2.45, 2.75) is 70.4 Å². The van der Waals surface area contributed by atoms with Gasteiger partial charge in [0.05, 0.1) is 5.00 Å². The van der Waals surface area contributed by atoms with E-state index >= 15 is 0 Å². The predicted molar refractivity (Wildman–Crippen MR) is 113 cm³/mol. The number of nitrogens with zero attached hydrogens (tertiary/aromatic N) is 2. The lowest BCUT2D eigenvalue weighted by molar-refractivity contribution is -0.123. The Labute approximate surface area is 167 Å². The number of nitrogens with one attached hydrogen (secondary N) is 1. The molecule has 3 rings (SSSR count). The van der Waals surface area contributed by atoms with E-state index in [2.05, 4.69) is 48.1 Å². The average molecular weight is 386 g/mol. The molecule has 5 heteroatoms. The van der Waals surface area contributed by atoms with E-state index in [0.717, 1.165) is 23.4 Å². The van der Waals surface area contributed by atoms with Gasteiger partial charge in [-0.3, -0.25) is 9.78 Å². The van der Waals surface area contributed by atoms with Gasteiger partial charge in [0.25, 0.3) is 0 Å². The summed E-state index contributed by atoms with van der Waals surface area (Å²) >= 11 is 1.76. The largest absolute Gasteiger partial charge is 0.351 e. The summed E-state index contributed by atoms with van der Waals surface area (Å²) in [7, 11) is 2.01. The van der Waals surface area contributed by atoms with Crippen LogP contribution in [0.2, 0.25) is 0 Å². The van der Waals surface area contributed by atoms with Gasteiger partial charge in [-0.05, 0) is 36.5 Å². The molecule has 0 spiro atoms. The van der Waals surface area contributed by atoms with Crippen LogP contribution < -0.4 is 10.2 Å². The Kier molecular flexibility index (Phi) is 6.20. The zero-order valence-corrected chi connectivity index (χ0v) is 17.7. The Bertz CT molecular complexity index is 744. The Morgan fingerprint density at radius 2 is 1.96 bits per heavy atom. The lowest BCUT2D eigenvalue weighted by atomic mass is 9.95. The normalized spacial score (nSPS) is 16.7. The van der Waals surface area contributed by atoms with Crippen molar-refractivity contribution in [2.75, 3.05) is 11.9 Å². The molecule has 1 aliphatic carbocycles. The highest BCUT2D eigenvalue weighted by molar-refractivity contribution is 7.16. The first-order valence-electron chi connectivity index (χ1n) is 9.90. The number of hydrogen-bond acceptors (Lipinski definition) is 4. The molecule has 27 heavy (non-hydrogen) atoms. The van der Waals surface area contributed by atoms with Gasteiger partial charge in [0.15, 0.2) is 0 Å². The molecule has 1 aliphatic rings. The second-order valence-corrected chi connectivity index (χ2v) is 9.59. The van der Waals surface area contributed by atoms with Gasteiger partial charge in [-0.1, -0.05) is 46.1 Å². The SMILES string of the molecule is CN(c1ccc(C(C)(C)C)s1)C(C(=O)NC1CCCCC1)c1cccnc1. The van der Waals surface area contributed by atoms with E-state index in [0.29, 0.717) is 6.04 Å². The number of thiophene rings is 1. The van der Waals surface area contributed by atoms with Crippen molar-refractivity contribution in [1.82, 2.24) is 10.3 Å². The van der Waals surface area contributed by atoms with Gasteiger partial charge < -0.3 is 10.2 Å². The average Bonchev–Trinajstić information content (AvgIpc) is 3.14. The van der Waals surface area contributed by atoms with Crippen molar-refractivity contribution >= 4 is 22.2 Å². The summed E-state index contributed by atoms with van der Waals surface area (Å²) in [6.07, 6.45) is 9.42. The third-order valence-corrected chi connectivity index (χ3v) is 6.87. The highest BCUT2D eigenvalue weighted by Crippen LogP contribution is 2.37. The number of amides is 1. The Morgan fingerprint density at radius 3 is 2.56 bits per heavy atom. The minimum Gasteiger partial charge on any atom is -0.351 e. The third-order valence-electron chi connectivity index (χ3n) is 5.27. The summed E-state index contributed by atoms with van der Waals surface area (Å²) in [4.78, 5) is 20.9. The van der Waals surface area contributed by atoms with Crippen LogP contribution >= 0.6 is 11.3 Å². The molecule has 1 atom stereocenters. The molecule has 1 fully saturated rings. The van der Waals surface area contributed by atoms with Crippen molar-refractivity contribution in [2.24, 2.45) is 0 Å². The van der Waals surface area contributed by atoms with Gasteiger partial charge >= 0.3 is 0 Å². The first kappa shape index (κ1) is 19.9. The maximum absolute atomic E-state index is 13.3. The van der Waals surface area contributed by atoms with Crippen LogP contribution in [-0.2, 0) is 10.2 Å². The molecular formula is C22H31N3OS. The van der Waals surface area contributed by atoms with Crippen LogP contribution in [0.3, 0.4) is 0 Å². The van der Waals surface area contributed by atoms with Crippen LogP contribution in [0.1, 0.15) is 69.4 Å². The van der Waals surface area contributed by atoms with E-state index in [9.17, 15) is 4.79 Å². The van der Waals surface area contributed by atoms with Crippen LogP contribution in [-0.4, -0.2) is 24.0 Å². The van der Waals surface area contributed by atoms with E-state index in [1.54, 1.807) is 23.7 Å². The van der Waals surface area contributed by atoms with Crippen LogP contribution in [0.15, 0.2) is 36.7 Å². The van der Waals surface area contributed by atoms with Crippen LogP contribution in [0, 0.1) is 0 Å². The van der Waals surface area contributed by atoms with E-state index in [-0.39, 0.29) is 17.4 Å². The highest BCUT2D eigenvalue weighted by Gasteiger charge is 2.29. The van der Waals surface area contributed by atoms with Gasteiger partial charge in [0.2, 0.25) is 5.91 Å². The fourth-order valence-corrected chi connectivity index (χ4v) is 4.72. The zero-order chi connectivity index (χ0) is 19.4. The number of aromatic nitrogens is 1. The molecule has 0 aliphatic heterocycles. The molecular weight excluding hydrogens is 354 g/mol. The third kappa shape index (κ3) is 4.89. The predicted octanol–water partition coefficient (Wildman–Crippen LogP) is 5.07. The topological polar surface area (TPSA) is 45.2 Å². The van der Waals surface area contributed by atoms with Crippen LogP contribution in [0.25, 0.3) is 0 Å². The molecule has 0 bridgehead atoms. The summed E-state index contributed by atoms with van der Waals surface area (Å²) in [5.41, 5.74) is 1.04. The minimum absolute atomic E-state index is 0.0723. The molecule has 2 heterocycles. The number of hydrogen-bond donors (Lipinski definition) is 1. The van der Waals surface area contributed by atoms with E-state index in [1.807, 2.05) is 19.2 Å². The number of likely N-dealkylation sites (N-methyl/N-ethyl adjacent to an activating group) is 1. The van der Waals surface area contributed by atoms with Crippen LogP contribution in [0.5, 0.6) is 0 Å². The van der Waals surface area contributed by atoms with Crippen molar-refractivity contribution in [3.05, 3.63) is 47.1 Å². The monoisotopic (exact) mass is 385 g/mol. The number of pyridine rings is 1. The molecule has 1 saturated carbocycles. The lowest BCUT2D eigenvalue weighted by Crippen LogP contribution is -2.44. The summed E-state index contributed by atoms with van der Waals surface area (Å²) in [6, 6.07) is 8.13.